The maximum Gasteiger partial charge on any atom is 0.139 e. The highest BCUT2D eigenvalue weighted by molar-refractivity contribution is 5.77. The molecule has 0 aliphatic carbocycles. The Labute approximate surface area is 140 Å². The second kappa shape index (κ2) is 6.17. The van der Waals surface area contributed by atoms with E-state index in [4.69, 9.17) is 9.72 Å². The zero-order valence-corrected chi connectivity index (χ0v) is 13.7. The van der Waals surface area contributed by atoms with Gasteiger partial charge in [-0.15, -0.1) is 0 Å². The van der Waals surface area contributed by atoms with E-state index >= 15 is 0 Å². The highest BCUT2D eigenvalue weighted by Crippen LogP contribution is 2.30. The van der Waals surface area contributed by atoms with Gasteiger partial charge in [-0.25, -0.2) is 4.98 Å². The zero-order valence-electron chi connectivity index (χ0n) is 13.7. The first-order valence-electron chi connectivity index (χ1n) is 8.34. The van der Waals surface area contributed by atoms with E-state index in [-0.39, 0.29) is 11.9 Å². The van der Waals surface area contributed by atoms with Crippen LogP contribution in [0.1, 0.15) is 18.4 Å². The molecule has 1 aromatic carbocycles. The van der Waals surface area contributed by atoms with E-state index in [2.05, 4.69) is 28.8 Å². The third-order valence-corrected chi connectivity index (χ3v) is 4.44. The Morgan fingerprint density at radius 2 is 2.12 bits per heavy atom. The van der Waals surface area contributed by atoms with E-state index in [0.717, 1.165) is 48.7 Å². The Hall–Kier alpha value is -2.53. The zero-order chi connectivity index (χ0) is 16.5. The summed E-state index contributed by atoms with van der Waals surface area (Å²) in [4.78, 5) is 4.80. The predicted octanol–water partition coefficient (Wildman–Crippen LogP) is 3.61. The molecule has 4 rings (SSSR count). The minimum Gasteiger partial charge on any atom is -0.508 e. The molecule has 0 amide bonds. The van der Waals surface area contributed by atoms with E-state index in [0.29, 0.717) is 0 Å². The Bertz CT molecular complexity index is 849. The van der Waals surface area contributed by atoms with Crippen LogP contribution in [0.3, 0.4) is 0 Å². The SMILES string of the molecule is Cc1ccn2c(NC[C@@H]3CCCO3)c(-c3ccc(O)cc3)nc2c1. The Balaban J connectivity index is 1.75. The van der Waals surface area contributed by atoms with Crippen LogP contribution in [0.25, 0.3) is 16.9 Å². The van der Waals surface area contributed by atoms with Crippen LogP contribution in [0.4, 0.5) is 5.82 Å². The van der Waals surface area contributed by atoms with Gasteiger partial charge >= 0.3 is 0 Å². The van der Waals surface area contributed by atoms with E-state index < -0.39 is 0 Å². The number of benzene rings is 1. The minimum atomic E-state index is 0.257. The number of hydrogen-bond acceptors (Lipinski definition) is 4. The van der Waals surface area contributed by atoms with Crippen molar-refractivity contribution in [3.05, 3.63) is 48.2 Å². The molecule has 0 unspecified atom stereocenters. The molecule has 0 saturated carbocycles. The molecule has 5 heteroatoms. The fraction of sp³-hybridized carbons (Fsp3) is 0.316. The van der Waals surface area contributed by atoms with Gasteiger partial charge in [-0.05, 0) is 61.7 Å². The van der Waals surface area contributed by atoms with Crippen molar-refractivity contribution >= 4 is 11.5 Å². The molecule has 3 heterocycles. The third-order valence-electron chi connectivity index (χ3n) is 4.44. The molecule has 1 aliphatic rings. The molecular weight excluding hydrogens is 302 g/mol. The van der Waals surface area contributed by atoms with Crippen LogP contribution in [0.15, 0.2) is 42.6 Å². The van der Waals surface area contributed by atoms with Crippen LogP contribution in [-0.2, 0) is 4.74 Å². The normalized spacial score (nSPS) is 17.5. The number of nitrogens with one attached hydrogen (secondary N) is 1. The summed E-state index contributed by atoms with van der Waals surface area (Å²) in [5, 5.41) is 13.1. The van der Waals surface area contributed by atoms with E-state index in [1.165, 1.54) is 5.56 Å². The Morgan fingerprint density at radius 1 is 1.29 bits per heavy atom. The van der Waals surface area contributed by atoms with Gasteiger partial charge in [0.05, 0.1) is 6.10 Å². The Kier molecular flexibility index (Phi) is 3.86. The monoisotopic (exact) mass is 323 g/mol. The summed E-state index contributed by atoms with van der Waals surface area (Å²) in [6, 6.07) is 11.3. The lowest BCUT2D eigenvalue weighted by molar-refractivity contribution is 0.120. The molecule has 0 radical (unpaired) electrons. The quantitative estimate of drug-likeness (QED) is 0.770. The molecule has 24 heavy (non-hydrogen) atoms. The van der Waals surface area contributed by atoms with Gasteiger partial charge in [0.25, 0.3) is 0 Å². The van der Waals surface area contributed by atoms with Crippen LogP contribution >= 0.6 is 0 Å². The molecule has 124 valence electrons. The van der Waals surface area contributed by atoms with Gasteiger partial charge in [-0.1, -0.05) is 0 Å². The summed E-state index contributed by atoms with van der Waals surface area (Å²) in [5.74, 6) is 1.22. The van der Waals surface area contributed by atoms with Gasteiger partial charge in [0, 0.05) is 24.9 Å². The Morgan fingerprint density at radius 3 is 2.88 bits per heavy atom. The summed E-state index contributed by atoms with van der Waals surface area (Å²) in [5.41, 5.74) is 3.95. The first kappa shape index (κ1) is 15.0. The van der Waals surface area contributed by atoms with Crippen molar-refractivity contribution in [2.75, 3.05) is 18.5 Å². The van der Waals surface area contributed by atoms with Crippen molar-refractivity contribution in [3.63, 3.8) is 0 Å². The van der Waals surface area contributed by atoms with Gasteiger partial charge in [0.15, 0.2) is 0 Å². The van der Waals surface area contributed by atoms with Crippen LogP contribution in [0.2, 0.25) is 0 Å². The van der Waals surface area contributed by atoms with Crippen molar-refractivity contribution < 1.29 is 9.84 Å². The summed E-state index contributed by atoms with van der Waals surface area (Å²) in [6.45, 7) is 3.69. The maximum absolute atomic E-state index is 9.54. The average Bonchev–Trinajstić information content (AvgIpc) is 3.20. The van der Waals surface area contributed by atoms with E-state index in [1.54, 1.807) is 12.1 Å². The third kappa shape index (κ3) is 2.83. The first-order chi connectivity index (χ1) is 11.7. The van der Waals surface area contributed by atoms with Crippen LogP contribution in [0.5, 0.6) is 5.75 Å². The number of imidazole rings is 1. The topological polar surface area (TPSA) is 58.8 Å². The standard InChI is InChI=1S/C19H21N3O2/c1-13-8-9-22-17(11-13)21-18(14-4-6-15(23)7-5-14)19(22)20-12-16-3-2-10-24-16/h4-9,11,16,20,23H,2-3,10,12H2,1H3/t16-/m0/s1. The number of fused-ring (bicyclic) bond motifs is 1. The van der Waals surface area contributed by atoms with Crippen molar-refractivity contribution in [1.82, 2.24) is 9.38 Å². The van der Waals surface area contributed by atoms with Crippen LogP contribution < -0.4 is 5.32 Å². The highest BCUT2D eigenvalue weighted by Gasteiger charge is 2.19. The second-order valence-electron chi connectivity index (χ2n) is 6.30. The highest BCUT2D eigenvalue weighted by atomic mass is 16.5. The van der Waals surface area contributed by atoms with E-state index in [1.807, 2.05) is 18.3 Å². The number of anilines is 1. The fourth-order valence-corrected chi connectivity index (χ4v) is 3.15. The molecule has 1 aliphatic heterocycles. The van der Waals surface area contributed by atoms with E-state index in [9.17, 15) is 5.11 Å². The number of pyridine rings is 1. The fourth-order valence-electron chi connectivity index (χ4n) is 3.15. The number of hydrogen-bond donors (Lipinski definition) is 2. The molecule has 0 bridgehead atoms. The number of rotatable bonds is 4. The van der Waals surface area contributed by atoms with Crippen molar-refractivity contribution in [2.24, 2.45) is 0 Å². The molecule has 1 fully saturated rings. The summed E-state index contributed by atoms with van der Waals surface area (Å²) < 4.78 is 7.79. The van der Waals surface area contributed by atoms with Gasteiger partial charge in [-0.3, -0.25) is 4.40 Å². The van der Waals surface area contributed by atoms with Gasteiger partial charge < -0.3 is 15.2 Å². The number of phenolic OH excluding ortho intramolecular Hbond substituents is 1. The molecule has 2 N–H and O–H groups in total. The predicted molar refractivity (Wildman–Crippen MR) is 94.5 cm³/mol. The molecule has 3 aromatic rings. The number of aromatic nitrogens is 2. The number of aryl methyl sites for hydroxylation is 1. The minimum absolute atomic E-state index is 0.257. The van der Waals surface area contributed by atoms with Gasteiger partial charge in [0.1, 0.15) is 22.9 Å². The van der Waals surface area contributed by atoms with Gasteiger partial charge in [0.2, 0.25) is 0 Å². The largest absolute Gasteiger partial charge is 0.508 e. The molecule has 1 atom stereocenters. The molecule has 5 nitrogen and oxygen atoms in total. The van der Waals surface area contributed by atoms with Crippen molar-refractivity contribution in [3.8, 4) is 17.0 Å². The molecule has 2 aromatic heterocycles. The number of nitrogens with zero attached hydrogens (tertiary/aromatic N) is 2. The summed E-state index contributed by atoms with van der Waals surface area (Å²) >= 11 is 0. The lowest BCUT2D eigenvalue weighted by Gasteiger charge is -2.13. The molecule has 1 saturated heterocycles. The lowest BCUT2D eigenvalue weighted by Crippen LogP contribution is -2.19. The molecule has 0 spiro atoms. The summed E-state index contributed by atoms with van der Waals surface area (Å²) in [6.07, 6.45) is 4.52. The summed E-state index contributed by atoms with van der Waals surface area (Å²) in [7, 11) is 0. The smallest absolute Gasteiger partial charge is 0.139 e. The second-order valence-corrected chi connectivity index (χ2v) is 6.30. The van der Waals surface area contributed by atoms with Crippen LogP contribution in [0, 0.1) is 6.92 Å². The van der Waals surface area contributed by atoms with Crippen LogP contribution in [-0.4, -0.2) is 33.7 Å². The number of ether oxygens (including phenoxy) is 1. The molecular formula is C19H21N3O2. The number of aromatic hydroxyl groups is 1. The van der Waals surface area contributed by atoms with Crippen molar-refractivity contribution in [1.29, 1.82) is 0 Å². The first-order valence-corrected chi connectivity index (χ1v) is 8.34. The average molecular weight is 323 g/mol. The maximum atomic E-state index is 9.54. The lowest BCUT2D eigenvalue weighted by atomic mass is 10.1. The van der Waals surface area contributed by atoms with Crippen molar-refractivity contribution in [2.45, 2.75) is 25.9 Å². The number of phenols is 1. The van der Waals surface area contributed by atoms with Gasteiger partial charge in [-0.2, -0.15) is 0 Å².